The summed E-state index contributed by atoms with van der Waals surface area (Å²) in [7, 11) is 2.75. The predicted molar refractivity (Wildman–Crippen MR) is 105 cm³/mol. The first-order valence-electron chi connectivity index (χ1n) is 8.71. The number of hydrogen-bond donors (Lipinski definition) is 0. The summed E-state index contributed by atoms with van der Waals surface area (Å²) in [5, 5.41) is 0. The minimum atomic E-state index is -0.618. The van der Waals surface area contributed by atoms with E-state index in [4.69, 9.17) is 14.2 Å². The van der Waals surface area contributed by atoms with E-state index in [0.29, 0.717) is 23.7 Å². The Morgan fingerprint density at radius 2 is 1.39 bits per heavy atom. The third kappa shape index (κ3) is 4.20. The average Bonchev–Trinajstić information content (AvgIpc) is 2.77. The van der Waals surface area contributed by atoms with E-state index in [9.17, 15) is 9.59 Å². The molecule has 3 aromatic rings. The maximum atomic E-state index is 13.0. The average molecular weight is 376 g/mol. The van der Waals surface area contributed by atoms with Crippen LogP contribution in [0, 0.1) is 0 Å². The van der Waals surface area contributed by atoms with E-state index in [2.05, 4.69) is 0 Å². The number of carbonyl (C=O) groups excluding carboxylic acids is 2. The Kier molecular flexibility index (Phi) is 6.07. The quantitative estimate of drug-likeness (QED) is 0.455. The third-order valence-electron chi connectivity index (χ3n) is 4.23. The Balaban J connectivity index is 2.02. The summed E-state index contributed by atoms with van der Waals surface area (Å²) in [5.74, 6) is -0.195. The molecule has 5 heteroatoms. The number of ketones is 1. The summed E-state index contributed by atoms with van der Waals surface area (Å²) in [5.41, 5.74) is 1.76. The molecular formula is C23H20O5. The van der Waals surface area contributed by atoms with E-state index in [1.54, 1.807) is 24.3 Å². The Hall–Kier alpha value is -3.60. The van der Waals surface area contributed by atoms with Crippen LogP contribution < -0.4 is 9.47 Å². The molecule has 3 rings (SSSR count). The standard InChI is InChI=1S/C23H20O5/c1-26-20-14-19(23(25)27-2)18(22(24)17-11-7-4-8-12-17)13-21(20)28-15-16-9-5-3-6-10-16/h3-14H,15H2,1-2H3. The van der Waals surface area contributed by atoms with Crippen molar-refractivity contribution in [1.82, 2.24) is 0 Å². The maximum absolute atomic E-state index is 13.0. The fourth-order valence-electron chi connectivity index (χ4n) is 2.78. The molecule has 0 fully saturated rings. The van der Waals surface area contributed by atoms with Crippen LogP contribution in [0.3, 0.4) is 0 Å². The lowest BCUT2D eigenvalue weighted by atomic mass is 9.97. The van der Waals surface area contributed by atoms with Gasteiger partial charge in [0.05, 0.1) is 19.8 Å². The fourth-order valence-corrected chi connectivity index (χ4v) is 2.78. The molecule has 0 atom stereocenters. The highest BCUT2D eigenvalue weighted by Gasteiger charge is 2.23. The SMILES string of the molecule is COC(=O)c1cc(OC)c(OCc2ccccc2)cc1C(=O)c1ccccc1. The van der Waals surface area contributed by atoms with Crippen molar-refractivity contribution in [2.24, 2.45) is 0 Å². The van der Waals surface area contributed by atoms with Gasteiger partial charge in [-0.15, -0.1) is 0 Å². The Morgan fingerprint density at radius 3 is 2.00 bits per heavy atom. The highest BCUT2D eigenvalue weighted by Crippen LogP contribution is 2.33. The van der Waals surface area contributed by atoms with E-state index in [0.717, 1.165) is 5.56 Å². The number of benzene rings is 3. The van der Waals surface area contributed by atoms with Crippen LogP contribution in [0.2, 0.25) is 0 Å². The maximum Gasteiger partial charge on any atom is 0.338 e. The van der Waals surface area contributed by atoms with Crippen molar-refractivity contribution < 1.29 is 23.8 Å². The molecule has 0 N–H and O–H groups in total. The zero-order valence-corrected chi connectivity index (χ0v) is 15.7. The molecular weight excluding hydrogens is 356 g/mol. The van der Waals surface area contributed by atoms with Crippen LogP contribution in [0.4, 0.5) is 0 Å². The van der Waals surface area contributed by atoms with Crippen molar-refractivity contribution in [2.45, 2.75) is 6.61 Å². The summed E-state index contributed by atoms with van der Waals surface area (Å²) in [6.45, 7) is 0.299. The molecule has 28 heavy (non-hydrogen) atoms. The Bertz CT molecular complexity index is 965. The lowest BCUT2D eigenvalue weighted by molar-refractivity contribution is 0.0597. The third-order valence-corrected chi connectivity index (χ3v) is 4.23. The van der Waals surface area contributed by atoms with Crippen molar-refractivity contribution >= 4 is 11.8 Å². The summed E-state index contributed by atoms with van der Waals surface area (Å²) in [6.07, 6.45) is 0. The molecule has 0 heterocycles. The predicted octanol–water partition coefficient (Wildman–Crippen LogP) is 4.29. The topological polar surface area (TPSA) is 61.8 Å². The van der Waals surface area contributed by atoms with Crippen molar-refractivity contribution in [3.8, 4) is 11.5 Å². The van der Waals surface area contributed by atoms with Crippen LogP contribution in [0.5, 0.6) is 11.5 Å². The minimum Gasteiger partial charge on any atom is -0.493 e. The second kappa shape index (κ2) is 8.86. The monoisotopic (exact) mass is 376 g/mol. The first-order valence-corrected chi connectivity index (χ1v) is 8.71. The van der Waals surface area contributed by atoms with Crippen molar-refractivity contribution in [1.29, 1.82) is 0 Å². The van der Waals surface area contributed by atoms with Gasteiger partial charge in [-0.1, -0.05) is 60.7 Å². The number of hydrogen-bond acceptors (Lipinski definition) is 5. The molecule has 0 aliphatic heterocycles. The smallest absolute Gasteiger partial charge is 0.338 e. The largest absolute Gasteiger partial charge is 0.493 e. The molecule has 5 nitrogen and oxygen atoms in total. The van der Waals surface area contributed by atoms with Crippen molar-refractivity contribution in [2.75, 3.05) is 14.2 Å². The van der Waals surface area contributed by atoms with Gasteiger partial charge in [0.25, 0.3) is 0 Å². The molecule has 3 aromatic carbocycles. The molecule has 0 spiro atoms. The second-order valence-corrected chi connectivity index (χ2v) is 6.01. The number of esters is 1. The molecule has 0 radical (unpaired) electrons. The lowest BCUT2D eigenvalue weighted by Gasteiger charge is -2.15. The number of rotatable bonds is 7. The van der Waals surface area contributed by atoms with E-state index in [1.165, 1.54) is 26.4 Å². The molecule has 0 aromatic heterocycles. The van der Waals surface area contributed by atoms with Gasteiger partial charge < -0.3 is 14.2 Å². The van der Waals surface area contributed by atoms with E-state index in [1.807, 2.05) is 36.4 Å². The van der Waals surface area contributed by atoms with Gasteiger partial charge in [0.1, 0.15) is 6.61 Å². The lowest BCUT2D eigenvalue weighted by Crippen LogP contribution is -2.13. The molecule has 0 aliphatic carbocycles. The first kappa shape index (κ1) is 19.2. The minimum absolute atomic E-state index is 0.125. The van der Waals surface area contributed by atoms with Gasteiger partial charge in [0.2, 0.25) is 0 Å². The Morgan fingerprint density at radius 1 is 0.786 bits per heavy atom. The summed E-state index contributed by atoms with van der Waals surface area (Å²) >= 11 is 0. The summed E-state index contributed by atoms with van der Waals surface area (Å²) < 4.78 is 16.1. The Labute approximate surface area is 163 Å². The van der Waals surface area contributed by atoms with Crippen LogP contribution in [-0.2, 0) is 11.3 Å². The molecule has 0 saturated heterocycles. The summed E-state index contributed by atoms with van der Waals surface area (Å²) in [6, 6.07) is 21.4. The van der Waals surface area contributed by atoms with Crippen molar-refractivity contribution in [3.63, 3.8) is 0 Å². The van der Waals surface area contributed by atoms with Gasteiger partial charge in [0, 0.05) is 11.1 Å². The second-order valence-electron chi connectivity index (χ2n) is 6.01. The van der Waals surface area contributed by atoms with Gasteiger partial charge in [-0.2, -0.15) is 0 Å². The van der Waals surface area contributed by atoms with E-state index >= 15 is 0 Å². The van der Waals surface area contributed by atoms with Gasteiger partial charge >= 0.3 is 5.97 Å². The van der Waals surface area contributed by atoms with Crippen molar-refractivity contribution in [3.05, 3.63) is 95.1 Å². The van der Waals surface area contributed by atoms with E-state index < -0.39 is 5.97 Å². The van der Waals surface area contributed by atoms with Crippen LogP contribution in [0.25, 0.3) is 0 Å². The van der Waals surface area contributed by atoms with Crippen LogP contribution in [-0.4, -0.2) is 26.0 Å². The first-order chi connectivity index (χ1) is 13.6. The molecule has 0 bridgehead atoms. The van der Waals surface area contributed by atoms with Crippen LogP contribution >= 0.6 is 0 Å². The summed E-state index contributed by atoms with van der Waals surface area (Å²) in [4.78, 5) is 25.3. The highest BCUT2D eigenvalue weighted by molar-refractivity contribution is 6.15. The van der Waals surface area contributed by atoms with Gasteiger partial charge in [0.15, 0.2) is 17.3 Å². The van der Waals surface area contributed by atoms with Crippen LogP contribution in [0.15, 0.2) is 72.8 Å². The number of carbonyl (C=O) groups is 2. The molecule has 142 valence electrons. The molecule has 0 amide bonds. The number of methoxy groups -OCH3 is 2. The van der Waals surface area contributed by atoms with Gasteiger partial charge in [-0.25, -0.2) is 4.79 Å². The zero-order valence-electron chi connectivity index (χ0n) is 15.7. The van der Waals surface area contributed by atoms with Gasteiger partial charge in [-0.3, -0.25) is 4.79 Å². The molecule has 0 aliphatic rings. The molecule has 0 unspecified atom stereocenters. The number of ether oxygens (including phenoxy) is 3. The molecule has 0 saturated carbocycles. The van der Waals surface area contributed by atoms with Crippen LogP contribution in [0.1, 0.15) is 31.8 Å². The van der Waals surface area contributed by atoms with Gasteiger partial charge in [-0.05, 0) is 17.7 Å². The fraction of sp³-hybridized carbons (Fsp3) is 0.130. The van der Waals surface area contributed by atoms with E-state index in [-0.39, 0.29) is 16.9 Å². The normalized spacial score (nSPS) is 10.2. The highest BCUT2D eigenvalue weighted by atomic mass is 16.5. The zero-order chi connectivity index (χ0) is 19.9.